The van der Waals surface area contributed by atoms with Crippen LogP contribution in [0.1, 0.15) is 24.2 Å². The first kappa shape index (κ1) is 24.0. The highest BCUT2D eigenvalue weighted by molar-refractivity contribution is 7.92. The number of nitrogens with one attached hydrogen (secondary N) is 1. The van der Waals surface area contributed by atoms with Crippen LogP contribution in [-0.4, -0.2) is 25.5 Å². The summed E-state index contributed by atoms with van der Waals surface area (Å²) in [5.41, 5.74) is 1.59. The number of aromatic nitrogens is 1. The normalized spacial score (nSPS) is 12.1. The molecular formula is C24H22ClN3O4S2. The topological polar surface area (TPSA) is 89.8 Å². The van der Waals surface area contributed by atoms with Gasteiger partial charge in [0.2, 0.25) is 0 Å². The molecule has 0 saturated heterocycles. The van der Waals surface area contributed by atoms with Crippen molar-refractivity contribution >= 4 is 54.8 Å². The molecule has 0 bridgehead atoms. The highest BCUT2D eigenvalue weighted by atomic mass is 35.5. The monoisotopic (exact) mass is 515 g/mol. The summed E-state index contributed by atoms with van der Waals surface area (Å²) in [5.74, 6) is 0.336. The number of anilines is 1. The van der Waals surface area contributed by atoms with Gasteiger partial charge in [0.1, 0.15) is 11.3 Å². The first-order chi connectivity index (χ1) is 16.3. The molecule has 10 heteroatoms. The first-order valence-electron chi connectivity index (χ1n) is 10.5. The van der Waals surface area contributed by atoms with E-state index in [1.807, 2.05) is 36.6 Å². The molecule has 4 rings (SSSR count). The Hall–Kier alpha value is -3.14. The second-order valence-corrected chi connectivity index (χ2v) is 10.3. The minimum Gasteiger partial charge on any atom is -0.492 e. The fourth-order valence-corrected chi connectivity index (χ4v) is 5.70. The highest BCUT2D eigenvalue weighted by Crippen LogP contribution is 2.27. The Morgan fingerprint density at radius 1 is 1.06 bits per heavy atom. The average molecular weight is 516 g/mol. The predicted molar refractivity (Wildman–Crippen MR) is 135 cm³/mol. The molecule has 0 spiro atoms. The van der Waals surface area contributed by atoms with Gasteiger partial charge in [-0.05, 0) is 74.5 Å². The Kier molecular flexibility index (Phi) is 7.06. The molecule has 0 unspecified atom stereocenters. The van der Waals surface area contributed by atoms with Gasteiger partial charge in [-0.1, -0.05) is 29.0 Å². The number of carbonyl (C=O) groups is 1. The van der Waals surface area contributed by atoms with E-state index in [0.717, 1.165) is 16.0 Å². The zero-order valence-corrected chi connectivity index (χ0v) is 20.9. The van der Waals surface area contributed by atoms with Crippen LogP contribution in [0.25, 0.3) is 10.2 Å². The van der Waals surface area contributed by atoms with Gasteiger partial charge in [-0.25, -0.2) is 8.42 Å². The van der Waals surface area contributed by atoms with Crippen molar-refractivity contribution in [1.82, 2.24) is 4.57 Å². The molecule has 1 N–H and O–H groups in total. The van der Waals surface area contributed by atoms with Gasteiger partial charge in [0.25, 0.3) is 15.9 Å². The van der Waals surface area contributed by atoms with Gasteiger partial charge < -0.3 is 9.30 Å². The number of para-hydroxylation sites is 1. The second-order valence-electron chi connectivity index (χ2n) is 7.22. The largest absolute Gasteiger partial charge is 0.492 e. The summed E-state index contributed by atoms with van der Waals surface area (Å²) in [5, 5.41) is 0.447. The smallest absolute Gasteiger partial charge is 0.279 e. The molecule has 1 aromatic heterocycles. The molecule has 0 radical (unpaired) electrons. The first-order valence-corrected chi connectivity index (χ1v) is 13.2. The molecule has 0 aliphatic carbocycles. The van der Waals surface area contributed by atoms with Crippen LogP contribution in [0.2, 0.25) is 5.02 Å². The number of amides is 1. The number of fused-ring (bicyclic) bond motifs is 1. The van der Waals surface area contributed by atoms with Crippen LogP contribution < -0.4 is 14.3 Å². The van der Waals surface area contributed by atoms with E-state index in [-0.39, 0.29) is 4.90 Å². The van der Waals surface area contributed by atoms with Crippen LogP contribution in [0, 0.1) is 0 Å². The average Bonchev–Trinajstić information content (AvgIpc) is 3.17. The van der Waals surface area contributed by atoms with Gasteiger partial charge >= 0.3 is 0 Å². The molecule has 0 atom stereocenters. The fourth-order valence-electron chi connectivity index (χ4n) is 3.41. The summed E-state index contributed by atoms with van der Waals surface area (Å²) in [7, 11) is -3.78. The number of carbonyl (C=O) groups excluding carboxylic acids is 1. The maximum atomic E-state index is 12.9. The Balaban J connectivity index is 1.60. The molecule has 0 aliphatic rings. The summed E-state index contributed by atoms with van der Waals surface area (Å²) in [6, 6.07) is 17.8. The summed E-state index contributed by atoms with van der Waals surface area (Å²) < 4.78 is 36.3. The van der Waals surface area contributed by atoms with E-state index in [9.17, 15) is 13.2 Å². The van der Waals surface area contributed by atoms with Crippen molar-refractivity contribution in [3.63, 3.8) is 0 Å². The van der Waals surface area contributed by atoms with Crippen molar-refractivity contribution in [3.8, 4) is 5.75 Å². The van der Waals surface area contributed by atoms with Crippen molar-refractivity contribution in [2.75, 3.05) is 11.3 Å². The number of thiazole rings is 1. The van der Waals surface area contributed by atoms with E-state index < -0.39 is 15.9 Å². The minimum absolute atomic E-state index is 0.0901. The number of nitrogens with zero attached hydrogens (tertiary/aromatic N) is 2. The van der Waals surface area contributed by atoms with Gasteiger partial charge in [-0.3, -0.25) is 9.52 Å². The van der Waals surface area contributed by atoms with Gasteiger partial charge in [0.15, 0.2) is 4.80 Å². The number of aryl methyl sites for hydroxylation is 1. The molecule has 4 aromatic rings. The molecular weight excluding hydrogens is 494 g/mol. The Labute approximate surface area is 206 Å². The number of hydrogen-bond donors (Lipinski definition) is 1. The molecule has 0 aliphatic heterocycles. The number of hydrogen-bond acceptors (Lipinski definition) is 5. The van der Waals surface area contributed by atoms with Crippen molar-refractivity contribution in [2.45, 2.75) is 25.3 Å². The van der Waals surface area contributed by atoms with Crippen molar-refractivity contribution < 1.29 is 17.9 Å². The van der Waals surface area contributed by atoms with Crippen LogP contribution in [0.15, 0.2) is 76.6 Å². The van der Waals surface area contributed by atoms with E-state index in [1.165, 1.54) is 47.7 Å². The molecule has 1 heterocycles. The third kappa shape index (κ3) is 5.01. The second kappa shape index (κ2) is 10.0. The van der Waals surface area contributed by atoms with Crippen molar-refractivity contribution in [2.24, 2.45) is 4.99 Å². The SMILES string of the molecule is CCOc1cccc2sc(=NC(=O)c3ccc(NS(=O)(=O)c4ccc(Cl)cc4)cc3)n(CC)c12. The van der Waals surface area contributed by atoms with Crippen LogP contribution in [0.4, 0.5) is 5.69 Å². The fraction of sp³-hybridized carbons (Fsp3) is 0.167. The van der Waals surface area contributed by atoms with Crippen LogP contribution in [0.5, 0.6) is 5.75 Å². The van der Waals surface area contributed by atoms with Crippen LogP contribution in [-0.2, 0) is 16.6 Å². The number of ether oxygens (including phenoxy) is 1. The zero-order chi connectivity index (χ0) is 24.3. The third-order valence-electron chi connectivity index (χ3n) is 4.99. The maximum Gasteiger partial charge on any atom is 0.279 e. The van der Waals surface area contributed by atoms with Gasteiger partial charge in [0.05, 0.1) is 16.2 Å². The Bertz CT molecular complexity index is 1510. The van der Waals surface area contributed by atoms with Crippen LogP contribution in [0.3, 0.4) is 0 Å². The van der Waals surface area contributed by atoms with E-state index in [2.05, 4.69) is 9.71 Å². The van der Waals surface area contributed by atoms with E-state index in [1.54, 1.807) is 12.1 Å². The number of rotatable bonds is 7. The molecule has 1 amide bonds. The van der Waals surface area contributed by atoms with Crippen molar-refractivity contribution in [1.29, 1.82) is 0 Å². The lowest BCUT2D eigenvalue weighted by Gasteiger charge is -2.08. The number of halogens is 1. The Morgan fingerprint density at radius 2 is 1.76 bits per heavy atom. The molecule has 0 fully saturated rings. The standard InChI is InChI=1S/C24H22ClN3O4S2/c1-3-28-22-20(32-4-2)6-5-7-21(22)33-24(28)26-23(29)16-8-12-18(13-9-16)27-34(30,31)19-14-10-17(25)11-15-19/h5-15,27H,3-4H2,1-2H3. The van der Waals surface area contributed by atoms with Crippen molar-refractivity contribution in [3.05, 3.63) is 82.1 Å². The van der Waals surface area contributed by atoms with Gasteiger partial charge in [-0.15, -0.1) is 0 Å². The summed E-state index contributed by atoms with van der Waals surface area (Å²) in [6.45, 7) is 5.08. The number of benzene rings is 3. The van der Waals surface area contributed by atoms with Gasteiger partial charge in [-0.2, -0.15) is 4.99 Å². The highest BCUT2D eigenvalue weighted by Gasteiger charge is 2.15. The summed E-state index contributed by atoms with van der Waals surface area (Å²) in [6.07, 6.45) is 0. The molecule has 34 heavy (non-hydrogen) atoms. The summed E-state index contributed by atoms with van der Waals surface area (Å²) >= 11 is 7.24. The number of sulfonamides is 1. The lowest BCUT2D eigenvalue weighted by molar-refractivity contribution is 0.0998. The lowest BCUT2D eigenvalue weighted by Crippen LogP contribution is -2.16. The predicted octanol–water partition coefficient (Wildman–Crippen LogP) is 5.32. The quantitative estimate of drug-likeness (QED) is 0.361. The molecule has 7 nitrogen and oxygen atoms in total. The molecule has 176 valence electrons. The lowest BCUT2D eigenvalue weighted by atomic mass is 10.2. The molecule has 0 saturated carbocycles. The zero-order valence-electron chi connectivity index (χ0n) is 18.5. The van der Waals surface area contributed by atoms with Crippen LogP contribution >= 0.6 is 22.9 Å². The maximum absolute atomic E-state index is 12.9. The van der Waals surface area contributed by atoms with Gasteiger partial charge in [0, 0.05) is 22.8 Å². The van der Waals surface area contributed by atoms with E-state index >= 15 is 0 Å². The third-order valence-corrected chi connectivity index (χ3v) is 7.68. The minimum atomic E-state index is -3.78. The van der Waals surface area contributed by atoms with E-state index in [4.69, 9.17) is 16.3 Å². The molecule has 3 aromatic carbocycles. The Morgan fingerprint density at radius 3 is 2.41 bits per heavy atom. The summed E-state index contributed by atoms with van der Waals surface area (Å²) in [4.78, 5) is 17.9. The van der Waals surface area contributed by atoms with E-state index in [0.29, 0.717) is 34.2 Å².